The molecule has 0 spiro atoms. The highest BCUT2D eigenvalue weighted by Crippen LogP contribution is 2.17. The number of nitrogens with one attached hydrogen (secondary N) is 1. The van der Waals surface area contributed by atoms with Crippen LogP contribution in [0.3, 0.4) is 0 Å². The van der Waals surface area contributed by atoms with Crippen LogP contribution >= 0.6 is 0 Å². The van der Waals surface area contributed by atoms with Crippen LogP contribution in [-0.2, 0) is 14.4 Å². The van der Waals surface area contributed by atoms with Crippen molar-refractivity contribution in [2.45, 2.75) is 32.1 Å². The molecule has 1 aromatic rings. The van der Waals surface area contributed by atoms with E-state index in [4.69, 9.17) is 24.5 Å². The van der Waals surface area contributed by atoms with E-state index in [1.165, 1.54) is 25.7 Å². The van der Waals surface area contributed by atoms with Crippen LogP contribution in [0.1, 0.15) is 32.1 Å². The average molecular weight is 366 g/mol. The number of likely N-dealkylation sites (tertiary alicyclic amines) is 1. The lowest BCUT2D eigenvalue weighted by Gasteiger charge is -2.19. The Hall–Kier alpha value is -2.61. The number of amides is 1. The summed E-state index contributed by atoms with van der Waals surface area (Å²) in [7, 11) is 1.63. The van der Waals surface area contributed by atoms with Gasteiger partial charge in [-0.3, -0.25) is 4.79 Å². The summed E-state index contributed by atoms with van der Waals surface area (Å²) in [6.07, 6.45) is 5.73. The van der Waals surface area contributed by atoms with Crippen molar-refractivity contribution >= 4 is 23.5 Å². The third kappa shape index (κ3) is 9.03. The summed E-state index contributed by atoms with van der Waals surface area (Å²) in [5.41, 5.74) is 0.796. The van der Waals surface area contributed by atoms with Crippen molar-refractivity contribution in [1.29, 1.82) is 0 Å². The number of aliphatic carboxylic acids is 2. The van der Waals surface area contributed by atoms with Crippen LogP contribution in [0, 0.1) is 0 Å². The smallest absolute Gasteiger partial charge is 0.414 e. The average Bonchev–Trinajstić information content (AvgIpc) is 2.89. The van der Waals surface area contributed by atoms with Gasteiger partial charge in [0, 0.05) is 24.7 Å². The Kier molecular flexibility index (Phi) is 9.78. The van der Waals surface area contributed by atoms with Crippen LogP contribution in [-0.4, -0.2) is 59.7 Å². The summed E-state index contributed by atoms with van der Waals surface area (Å²) in [5, 5.41) is 17.7. The number of carbonyl (C=O) groups excluding carboxylic acids is 1. The largest absolute Gasteiger partial charge is 0.497 e. The summed E-state index contributed by atoms with van der Waals surface area (Å²) >= 11 is 0. The summed E-state index contributed by atoms with van der Waals surface area (Å²) in [5.74, 6) is -2.82. The molecule has 0 aliphatic carbocycles. The molecular formula is C18H26N2O6. The highest BCUT2D eigenvalue weighted by atomic mass is 16.5. The van der Waals surface area contributed by atoms with Gasteiger partial charge in [0.15, 0.2) is 0 Å². The van der Waals surface area contributed by atoms with E-state index in [2.05, 4.69) is 10.2 Å². The van der Waals surface area contributed by atoms with Gasteiger partial charge in [0.2, 0.25) is 5.91 Å². The molecule has 0 unspecified atom stereocenters. The minimum atomic E-state index is -1.82. The van der Waals surface area contributed by atoms with Gasteiger partial charge in [-0.2, -0.15) is 0 Å². The second-order valence-corrected chi connectivity index (χ2v) is 5.90. The van der Waals surface area contributed by atoms with Crippen molar-refractivity contribution < 1.29 is 29.3 Å². The lowest BCUT2D eigenvalue weighted by molar-refractivity contribution is -0.159. The molecule has 1 aromatic carbocycles. The Morgan fingerprint density at radius 2 is 1.69 bits per heavy atom. The van der Waals surface area contributed by atoms with E-state index in [1.54, 1.807) is 7.11 Å². The van der Waals surface area contributed by atoms with Crippen molar-refractivity contribution in [3.05, 3.63) is 24.3 Å². The molecular weight excluding hydrogens is 340 g/mol. The number of anilines is 1. The van der Waals surface area contributed by atoms with E-state index < -0.39 is 11.9 Å². The molecule has 2 rings (SSSR count). The minimum Gasteiger partial charge on any atom is -0.497 e. The molecule has 1 aliphatic rings. The maximum absolute atomic E-state index is 12.0. The zero-order chi connectivity index (χ0) is 19.4. The molecule has 3 N–H and O–H groups in total. The number of hydrogen-bond donors (Lipinski definition) is 3. The predicted molar refractivity (Wildman–Crippen MR) is 96.4 cm³/mol. The van der Waals surface area contributed by atoms with Gasteiger partial charge in [0.25, 0.3) is 0 Å². The first-order chi connectivity index (χ1) is 12.4. The molecule has 8 nitrogen and oxygen atoms in total. The number of rotatable bonds is 5. The molecule has 1 heterocycles. The zero-order valence-corrected chi connectivity index (χ0v) is 14.9. The summed E-state index contributed by atoms with van der Waals surface area (Å²) in [4.78, 5) is 32.6. The number of carbonyl (C=O) groups is 3. The molecule has 1 aliphatic heterocycles. The fourth-order valence-electron chi connectivity index (χ4n) is 2.54. The van der Waals surface area contributed by atoms with Crippen LogP contribution in [0.4, 0.5) is 5.69 Å². The summed E-state index contributed by atoms with van der Waals surface area (Å²) < 4.78 is 5.15. The molecule has 1 amide bonds. The second kappa shape index (κ2) is 11.9. The highest BCUT2D eigenvalue weighted by molar-refractivity contribution is 6.27. The molecule has 1 fully saturated rings. The molecule has 0 saturated carbocycles. The first-order valence-electron chi connectivity index (χ1n) is 8.55. The Labute approximate surface area is 152 Å². The maximum Gasteiger partial charge on any atom is 0.414 e. The van der Waals surface area contributed by atoms with Gasteiger partial charge in [-0.25, -0.2) is 9.59 Å². The number of carboxylic acids is 2. The topological polar surface area (TPSA) is 116 Å². The van der Waals surface area contributed by atoms with Crippen LogP contribution in [0.15, 0.2) is 24.3 Å². The Morgan fingerprint density at radius 1 is 1.08 bits per heavy atom. The molecule has 26 heavy (non-hydrogen) atoms. The third-order valence-electron chi connectivity index (χ3n) is 3.89. The molecule has 8 heteroatoms. The molecule has 144 valence electrons. The lowest BCUT2D eigenvalue weighted by Crippen LogP contribution is -2.28. The number of nitrogens with zero attached hydrogens (tertiary/aromatic N) is 1. The SMILES string of the molecule is COc1cccc(NC(=O)CCN2CCCCCC2)c1.O=C(O)C(=O)O. The van der Waals surface area contributed by atoms with Crippen LogP contribution in [0.25, 0.3) is 0 Å². The minimum absolute atomic E-state index is 0.0718. The summed E-state index contributed by atoms with van der Waals surface area (Å²) in [6.45, 7) is 3.12. The first kappa shape index (κ1) is 21.4. The molecule has 0 radical (unpaired) electrons. The van der Waals surface area contributed by atoms with E-state index in [9.17, 15) is 4.79 Å². The molecule has 0 bridgehead atoms. The van der Waals surface area contributed by atoms with Gasteiger partial charge in [0.1, 0.15) is 5.75 Å². The third-order valence-corrected chi connectivity index (χ3v) is 3.89. The number of hydrogen-bond acceptors (Lipinski definition) is 5. The van der Waals surface area contributed by atoms with Gasteiger partial charge < -0.3 is 25.2 Å². The maximum atomic E-state index is 12.0. The number of benzene rings is 1. The van der Waals surface area contributed by atoms with E-state index in [-0.39, 0.29) is 5.91 Å². The van der Waals surface area contributed by atoms with E-state index >= 15 is 0 Å². The first-order valence-corrected chi connectivity index (χ1v) is 8.55. The van der Waals surface area contributed by atoms with Gasteiger partial charge >= 0.3 is 11.9 Å². The van der Waals surface area contributed by atoms with Gasteiger partial charge in [0.05, 0.1) is 7.11 Å². The highest BCUT2D eigenvalue weighted by Gasteiger charge is 2.11. The van der Waals surface area contributed by atoms with E-state index in [0.29, 0.717) is 6.42 Å². The Bertz CT molecular complexity index is 585. The lowest BCUT2D eigenvalue weighted by atomic mass is 10.2. The number of carboxylic acid groups (broad SMARTS) is 2. The number of ether oxygens (including phenoxy) is 1. The monoisotopic (exact) mass is 366 g/mol. The predicted octanol–water partition coefficient (Wildman–Crippen LogP) is 2.06. The van der Waals surface area contributed by atoms with E-state index in [0.717, 1.165) is 31.1 Å². The quantitative estimate of drug-likeness (QED) is 0.683. The van der Waals surface area contributed by atoms with Crippen molar-refractivity contribution in [2.24, 2.45) is 0 Å². The molecule has 1 saturated heterocycles. The van der Waals surface area contributed by atoms with Crippen molar-refractivity contribution in [1.82, 2.24) is 4.90 Å². The van der Waals surface area contributed by atoms with E-state index in [1.807, 2.05) is 24.3 Å². The summed E-state index contributed by atoms with van der Waals surface area (Å²) in [6, 6.07) is 7.46. The Morgan fingerprint density at radius 3 is 2.23 bits per heavy atom. The van der Waals surface area contributed by atoms with Crippen molar-refractivity contribution in [3.8, 4) is 5.75 Å². The Balaban J connectivity index is 0.000000487. The van der Waals surface area contributed by atoms with Crippen molar-refractivity contribution in [3.63, 3.8) is 0 Å². The van der Waals surface area contributed by atoms with Gasteiger partial charge in [-0.05, 0) is 38.1 Å². The number of methoxy groups -OCH3 is 1. The molecule has 0 atom stereocenters. The standard InChI is InChI=1S/C16H24N2O2.C2H2O4/c1-20-15-8-6-7-14(13-15)17-16(19)9-12-18-10-4-2-3-5-11-18;3-1(4)2(5)6/h6-8,13H,2-5,9-12H2,1H3,(H,17,19);(H,3,4)(H,5,6). The zero-order valence-electron chi connectivity index (χ0n) is 14.9. The molecule has 0 aromatic heterocycles. The van der Waals surface area contributed by atoms with Gasteiger partial charge in [-0.1, -0.05) is 18.9 Å². The van der Waals surface area contributed by atoms with Crippen LogP contribution in [0.5, 0.6) is 5.75 Å². The fraction of sp³-hybridized carbons (Fsp3) is 0.500. The van der Waals surface area contributed by atoms with Gasteiger partial charge in [-0.15, -0.1) is 0 Å². The second-order valence-electron chi connectivity index (χ2n) is 5.90. The fourth-order valence-corrected chi connectivity index (χ4v) is 2.54. The van der Waals surface area contributed by atoms with Crippen molar-refractivity contribution in [2.75, 3.05) is 32.1 Å². The van der Waals surface area contributed by atoms with Crippen LogP contribution < -0.4 is 10.1 Å². The van der Waals surface area contributed by atoms with Crippen LogP contribution in [0.2, 0.25) is 0 Å². The normalized spacial score (nSPS) is 14.3.